The number of rotatable bonds is 9. The summed E-state index contributed by atoms with van der Waals surface area (Å²) in [5, 5.41) is 20.2. The van der Waals surface area contributed by atoms with Gasteiger partial charge in [0.15, 0.2) is 4.34 Å². The van der Waals surface area contributed by atoms with E-state index in [2.05, 4.69) is 34.5 Å². The highest BCUT2D eigenvalue weighted by Gasteiger charge is 2.48. The van der Waals surface area contributed by atoms with Crippen molar-refractivity contribution in [1.29, 1.82) is 0 Å². The van der Waals surface area contributed by atoms with Crippen LogP contribution in [0.5, 0.6) is 5.75 Å². The Hall–Kier alpha value is -4.73. The maximum atomic E-state index is 13.5. The van der Waals surface area contributed by atoms with Crippen LogP contribution in [0.4, 0.5) is 5.13 Å². The topological polar surface area (TPSA) is 92.6 Å². The van der Waals surface area contributed by atoms with Gasteiger partial charge in [0.05, 0.1) is 11.6 Å². The lowest BCUT2D eigenvalue weighted by molar-refractivity contribution is -0.132. The molecule has 1 unspecified atom stereocenters. The maximum absolute atomic E-state index is 13.5. The summed E-state index contributed by atoms with van der Waals surface area (Å²) in [4.78, 5) is 28.3. The third kappa shape index (κ3) is 6.23. The molecular formula is C34H27N3O4S2. The SMILES string of the molecule is Cc1ccc(CSc2nnc(N3C(=O)C(=O)/C(=C(\O)c4ccccc4)C3c3ccc(OCc4ccccc4)cc3)s2)cc1. The smallest absolute Gasteiger partial charge is 0.301 e. The monoisotopic (exact) mass is 605 g/mol. The van der Waals surface area contributed by atoms with Crippen LogP contribution in [-0.2, 0) is 21.9 Å². The fraction of sp³-hybridized carbons (Fsp3) is 0.118. The Morgan fingerprint density at radius 2 is 1.53 bits per heavy atom. The van der Waals surface area contributed by atoms with Gasteiger partial charge in [-0.15, -0.1) is 10.2 Å². The molecule has 1 aliphatic heterocycles. The van der Waals surface area contributed by atoms with E-state index in [1.807, 2.05) is 43.3 Å². The number of benzene rings is 4. The lowest BCUT2D eigenvalue weighted by atomic mass is 9.95. The number of amides is 1. The van der Waals surface area contributed by atoms with Crippen LogP contribution in [0.1, 0.15) is 33.9 Å². The van der Waals surface area contributed by atoms with Crippen molar-refractivity contribution in [1.82, 2.24) is 10.2 Å². The minimum absolute atomic E-state index is 0.00166. The molecule has 2 heterocycles. The van der Waals surface area contributed by atoms with Gasteiger partial charge < -0.3 is 9.84 Å². The van der Waals surface area contributed by atoms with Crippen molar-refractivity contribution in [3.8, 4) is 5.75 Å². The molecule has 9 heteroatoms. The molecule has 1 saturated heterocycles. The normalized spacial score (nSPS) is 16.0. The number of ether oxygens (including phenoxy) is 1. The summed E-state index contributed by atoms with van der Waals surface area (Å²) < 4.78 is 6.62. The van der Waals surface area contributed by atoms with Crippen molar-refractivity contribution in [3.63, 3.8) is 0 Å². The first-order chi connectivity index (χ1) is 21.0. The zero-order valence-corrected chi connectivity index (χ0v) is 24.8. The number of aliphatic hydroxyl groups is 1. The second-order valence-corrected chi connectivity index (χ2v) is 12.2. The highest BCUT2D eigenvalue weighted by atomic mass is 32.2. The largest absolute Gasteiger partial charge is 0.507 e. The van der Waals surface area contributed by atoms with Gasteiger partial charge >= 0.3 is 5.91 Å². The molecule has 0 saturated carbocycles. The van der Waals surface area contributed by atoms with E-state index in [0.717, 1.165) is 11.1 Å². The van der Waals surface area contributed by atoms with Gasteiger partial charge in [0, 0.05) is 11.3 Å². The molecule has 0 bridgehead atoms. The number of aliphatic hydroxyl groups excluding tert-OH is 1. The lowest BCUT2D eigenvalue weighted by Crippen LogP contribution is -2.29. The number of aromatic nitrogens is 2. The van der Waals surface area contributed by atoms with Gasteiger partial charge in [-0.25, -0.2) is 0 Å². The van der Waals surface area contributed by atoms with Crippen LogP contribution in [0.2, 0.25) is 0 Å². The van der Waals surface area contributed by atoms with Crippen LogP contribution in [0.25, 0.3) is 5.76 Å². The molecule has 6 rings (SSSR count). The average Bonchev–Trinajstić information content (AvgIpc) is 3.62. The Kier molecular flexibility index (Phi) is 8.35. The fourth-order valence-electron chi connectivity index (χ4n) is 4.77. The van der Waals surface area contributed by atoms with Crippen molar-refractivity contribution in [3.05, 3.63) is 143 Å². The minimum Gasteiger partial charge on any atom is -0.507 e. The van der Waals surface area contributed by atoms with Gasteiger partial charge in [-0.1, -0.05) is 126 Å². The van der Waals surface area contributed by atoms with Gasteiger partial charge in [0.1, 0.15) is 18.1 Å². The third-order valence-electron chi connectivity index (χ3n) is 7.02. The van der Waals surface area contributed by atoms with Crippen molar-refractivity contribution in [2.45, 2.75) is 29.7 Å². The average molecular weight is 606 g/mol. The predicted octanol–water partition coefficient (Wildman–Crippen LogP) is 7.34. The molecule has 1 atom stereocenters. The number of hydrogen-bond donors (Lipinski definition) is 1. The van der Waals surface area contributed by atoms with Gasteiger partial charge in [0.25, 0.3) is 5.78 Å². The van der Waals surface area contributed by atoms with Crippen LogP contribution >= 0.6 is 23.1 Å². The van der Waals surface area contributed by atoms with Crippen molar-refractivity contribution >= 4 is 45.7 Å². The number of carbonyl (C=O) groups excluding carboxylic acids is 2. The Labute approximate surface area is 257 Å². The van der Waals surface area contributed by atoms with E-state index in [1.165, 1.54) is 33.6 Å². The zero-order valence-electron chi connectivity index (χ0n) is 23.2. The van der Waals surface area contributed by atoms with Crippen LogP contribution in [0.15, 0.2) is 119 Å². The van der Waals surface area contributed by atoms with E-state index in [0.29, 0.717) is 33.6 Å². The number of nitrogens with zero attached hydrogens (tertiary/aromatic N) is 3. The molecular weight excluding hydrogens is 579 g/mol. The summed E-state index contributed by atoms with van der Waals surface area (Å²) in [6.07, 6.45) is 0. The number of anilines is 1. The van der Waals surface area contributed by atoms with Crippen molar-refractivity contribution < 1.29 is 19.4 Å². The number of hydrogen-bond acceptors (Lipinski definition) is 8. The van der Waals surface area contributed by atoms with Gasteiger partial charge in [-0.2, -0.15) is 0 Å². The number of ketones is 1. The van der Waals surface area contributed by atoms with Gasteiger partial charge in [0.2, 0.25) is 5.13 Å². The van der Waals surface area contributed by atoms with Crippen molar-refractivity contribution in [2.75, 3.05) is 4.90 Å². The third-order valence-corrected chi connectivity index (χ3v) is 9.15. The van der Waals surface area contributed by atoms with E-state index >= 15 is 0 Å². The Morgan fingerprint density at radius 1 is 0.860 bits per heavy atom. The number of Topliss-reactive ketones (excluding diaryl/α,β-unsaturated/α-hetero) is 1. The molecule has 1 fully saturated rings. The van der Waals surface area contributed by atoms with Gasteiger partial charge in [-0.3, -0.25) is 14.5 Å². The minimum atomic E-state index is -0.897. The van der Waals surface area contributed by atoms with E-state index in [9.17, 15) is 14.7 Å². The molecule has 4 aromatic carbocycles. The molecule has 1 aliphatic rings. The first-order valence-electron chi connectivity index (χ1n) is 13.6. The summed E-state index contributed by atoms with van der Waals surface area (Å²) in [5.41, 5.74) is 4.44. The van der Waals surface area contributed by atoms with Crippen LogP contribution in [-0.4, -0.2) is 27.0 Å². The second kappa shape index (κ2) is 12.6. The summed E-state index contributed by atoms with van der Waals surface area (Å²) >= 11 is 2.75. The number of aryl methyl sites for hydroxylation is 1. The van der Waals surface area contributed by atoms with E-state index in [-0.39, 0.29) is 16.5 Å². The van der Waals surface area contributed by atoms with E-state index in [1.54, 1.807) is 48.5 Å². The van der Waals surface area contributed by atoms with Crippen LogP contribution in [0, 0.1) is 6.92 Å². The molecule has 5 aromatic rings. The lowest BCUT2D eigenvalue weighted by Gasteiger charge is -2.22. The van der Waals surface area contributed by atoms with Crippen LogP contribution in [0.3, 0.4) is 0 Å². The van der Waals surface area contributed by atoms with E-state index in [4.69, 9.17) is 4.74 Å². The zero-order chi connectivity index (χ0) is 29.8. The molecule has 214 valence electrons. The highest BCUT2D eigenvalue weighted by Crippen LogP contribution is 2.44. The molecule has 43 heavy (non-hydrogen) atoms. The molecule has 7 nitrogen and oxygen atoms in total. The standard InChI is InChI=1S/C34H27N3O4S2/c1-22-12-14-24(15-13-22)21-42-34-36-35-33(43-34)37-29(28(31(39)32(37)40)30(38)26-10-6-3-7-11-26)25-16-18-27(19-17-25)41-20-23-8-4-2-5-9-23/h2-19,29,38H,20-21H2,1H3/b30-28-. The molecule has 1 amide bonds. The molecule has 1 aromatic heterocycles. The summed E-state index contributed by atoms with van der Waals surface area (Å²) in [5.74, 6) is -0.458. The highest BCUT2D eigenvalue weighted by molar-refractivity contribution is 8.00. The molecule has 1 N–H and O–H groups in total. The Balaban J connectivity index is 1.32. The summed E-state index contributed by atoms with van der Waals surface area (Å²) in [7, 11) is 0. The van der Waals surface area contributed by atoms with Crippen LogP contribution < -0.4 is 9.64 Å². The van der Waals surface area contributed by atoms with Gasteiger partial charge in [-0.05, 0) is 35.7 Å². The number of carbonyl (C=O) groups is 2. The molecule has 0 radical (unpaired) electrons. The summed E-state index contributed by atoms with van der Waals surface area (Å²) in [6, 6.07) is 33.1. The number of thioether (sulfide) groups is 1. The maximum Gasteiger partial charge on any atom is 0.301 e. The first-order valence-corrected chi connectivity index (χ1v) is 15.4. The van der Waals surface area contributed by atoms with Crippen molar-refractivity contribution in [2.24, 2.45) is 0 Å². The fourth-order valence-corrected chi connectivity index (χ4v) is 6.59. The summed E-state index contributed by atoms with van der Waals surface area (Å²) in [6.45, 7) is 2.45. The Morgan fingerprint density at radius 3 is 2.23 bits per heavy atom. The quantitative estimate of drug-likeness (QED) is 0.0618. The first kappa shape index (κ1) is 28.4. The van der Waals surface area contributed by atoms with E-state index < -0.39 is 17.7 Å². The Bertz CT molecular complexity index is 1770. The molecule has 0 spiro atoms. The molecule has 0 aliphatic carbocycles. The predicted molar refractivity (Wildman–Crippen MR) is 169 cm³/mol. The second-order valence-electron chi connectivity index (χ2n) is 10.0.